The van der Waals surface area contributed by atoms with E-state index < -0.39 is 15.6 Å². The number of anilines is 1. The van der Waals surface area contributed by atoms with Crippen molar-refractivity contribution in [2.45, 2.75) is 36.7 Å². The lowest BCUT2D eigenvalue weighted by molar-refractivity contribution is -0.116. The predicted molar refractivity (Wildman–Crippen MR) is 97.1 cm³/mol. The molecule has 0 aliphatic carbocycles. The summed E-state index contributed by atoms with van der Waals surface area (Å²) in [6.45, 7) is 1.45. The van der Waals surface area contributed by atoms with Crippen LogP contribution in [0, 0.1) is 0 Å². The van der Waals surface area contributed by atoms with Gasteiger partial charge in [0.15, 0.2) is 0 Å². The van der Waals surface area contributed by atoms with Gasteiger partial charge in [0.1, 0.15) is 5.60 Å². The van der Waals surface area contributed by atoms with Gasteiger partial charge in [-0.25, -0.2) is 13.1 Å². The van der Waals surface area contributed by atoms with Crippen LogP contribution in [-0.2, 0) is 26.8 Å². The second-order valence-electron chi connectivity index (χ2n) is 6.33. The van der Waals surface area contributed by atoms with Crippen molar-refractivity contribution in [3.05, 3.63) is 46.2 Å². The van der Waals surface area contributed by atoms with Gasteiger partial charge in [0.05, 0.1) is 4.90 Å². The van der Waals surface area contributed by atoms with Gasteiger partial charge in [-0.3, -0.25) is 4.79 Å². The molecule has 0 saturated heterocycles. The molecule has 0 fully saturated rings. The van der Waals surface area contributed by atoms with Crippen LogP contribution < -0.4 is 10.0 Å². The summed E-state index contributed by atoms with van der Waals surface area (Å²) in [4.78, 5) is 11.7. The lowest BCUT2D eigenvalue weighted by Gasteiger charge is -2.23. The van der Waals surface area contributed by atoms with Crippen LogP contribution in [0.1, 0.15) is 30.9 Å². The van der Waals surface area contributed by atoms with Crippen LogP contribution in [0.2, 0.25) is 0 Å². The molecule has 1 amide bonds. The van der Waals surface area contributed by atoms with E-state index in [4.69, 9.17) is 0 Å². The molecule has 0 saturated carbocycles. The van der Waals surface area contributed by atoms with Crippen LogP contribution in [0.25, 0.3) is 0 Å². The molecule has 3 rings (SSSR count). The van der Waals surface area contributed by atoms with E-state index in [9.17, 15) is 18.3 Å². The number of hydrogen-bond donors (Lipinski definition) is 3. The van der Waals surface area contributed by atoms with Crippen molar-refractivity contribution in [3.63, 3.8) is 0 Å². The minimum atomic E-state index is -3.76. The number of fused-ring (bicyclic) bond motifs is 1. The SMILES string of the molecule is CC(O)(CNS(=O)(=O)c1ccc2c(c1)CCCC(=O)N2)c1ccsc1. The fraction of sp³-hybridized carbons (Fsp3) is 0.353. The van der Waals surface area contributed by atoms with Gasteiger partial charge in [0.25, 0.3) is 0 Å². The van der Waals surface area contributed by atoms with E-state index in [0.29, 0.717) is 30.5 Å². The number of hydrogen-bond acceptors (Lipinski definition) is 5. The number of thiophene rings is 1. The Morgan fingerprint density at radius 1 is 1.32 bits per heavy atom. The second-order valence-corrected chi connectivity index (χ2v) is 8.88. The summed E-state index contributed by atoms with van der Waals surface area (Å²) in [5, 5.41) is 16.9. The number of nitrogens with one attached hydrogen (secondary N) is 2. The maximum atomic E-state index is 12.6. The molecule has 134 valence electrons. The molecule has 1 aliphatic rings. The van der Waals surface area contributed by atoms with E-state index in [2.05, 4.69) is 10.0 Å². The smallest absolute Gasteiger partial charge is 0.240 e. The van der Waals surface area contributed by atoms with E-state index >= 15 is 0 Å². The molecule has 2 heterocycles. The quantitative estimate of drug-likeness (QED) is 0.741. The van der Waals surface area contributed by atoms with Crippen LogP contribution >= 0.6 is 11.3 Å². The summed E-state index contributed by atoms with van der Waals surface area (Å²) < 4.78 is 27.6. The number of benzene rings is 1. The fourth-order valence-electron chi connectivity index (χ4n) is 2.71. The number of sulfonamides is 1. The standard InChI is InChI=1S/C17H20N2O4S2/c1-17(21,13-7-8-24-10-13)11-18-25(22,23)14-5-6-15-12(9-14)3-2-4-16(20)19-15/h5-10,18,21H,2-4,11H2,1H3,(H,19,20). The first-order valence-corrected chi connectivity index (χ1v) is 10.4. The lowest BCUT2D eigenvalue weighted by Crippen LogP contribution is -2.38. The molecule has 1 aromatic carbocycles. The molecular formula is C17H20N2O4S2. The van der Waals surface area contributed by atoms with Crippen molar-refractivity contribution in [1.29, 1.82) is 0 Å². The van der Waals surface area contributed by atoms with Gasteiger partial charge < -0.3 is 10.4 Å². The van der Waals surface area contributed by atoms with E-state index in [1.54, 1.807) is 30.5 Å². The third-order valence-corrected chi connectivity index (χ3v) is 6.34. The summed E-state index contributed by atoms with van der Waals surface area (Å²) in [6.07, 6.45) is 1.76. The van der Waals surface area contributed by atoms with Crippen LogP contribution in [0.3, 0.4) is 0 Å². The number of carbonyl (C=O) groups is 1. The molecule has 0 bridgehead atoms. The van der Waals surface area contributed by atoms with Gasteiger partial charge in [0, 0.05) is 18.7 Å². The predicted octanol–water partition coefficient (Wildman–Crippen LogP) is 2.21. The highest BCUT2D eigenvalue weighted by Crippen LogP contribution is 2.26. The summed E-state index contributed by atoms with van der Waals surface area (Å²) in [6, 6.07) is 6.43. The normalized spacial score (nSPS) is 17.3. The van der Waals surface area contributed by atoms with E-state index in [1.807, 2.05) is 5.38 Å². The van der Waals surface area contributed by atoms with Gasteiger partial charge in [-0.05, 0) is 65.9 Å². The zero-order valence-electron chi connectivity index (χ0n) is 13.8. The molecular weight excluding hydrogens is 360 g/mol. The van der Waals surface area contributed by atoms with Crippen molar-refractivity contribution in [3.8, 4) is 0 Å². The third-order valence-electron chi connectivity index (χ3n) is 4.26. The number of aliphatic hydroxyl groups is 1. The van der Waals surface area contributed by atoms with Gasteiger partial charge in [-0.2, -0.15) is 11.3 Å². The van der Waals surface area contributed by atoms with Crippen molar-refractivity contribution >= 4 is 33.0 Å². The minimum absolute atomic E-state index is 0.0562. The Bertz CT molecular complexity index is 874. The van der Waals surface area contributed by atoms with Crippen molar-refractivity contribution in [2.24, 2.45) is 0 Å². The Balaban J connectivity index is 1.79. The number of aryl methyl sites for hydroxylation is 1. The topological polar surface area (TPSA) is 95.5 Å². The van der Waals surface area contributed by atoms with Gasteiger partial charge >= 0.3 is 0 Å². The number of amides is 1. The highest BCUT2D eigenvalue weighted by atomic mass is 32.2. The largest absolute Gasteiger partial charge is 0.384 e. The molecule has 0 radical (unpaired) electrons. The molecule has 0 spiro atoms. The number of rotatable bonds is 5. The average molecular weight is 380 g/mol. The van der Waals surface area contributed by atoms with Gasteiger partial charge in [-0.1, -0.05) is 0 Å². The zero-order valence-corrected chi connectivity index (χ0v) is 15.4. The molecule has 1 aromatic heterocycles. The molecule has 1 unspecified atom stereocenters. The first kappa shape index (κ1) is 18.1. The van der Waals surface area contributed by atoms with Crippen LogP contribution in [0.15, 0.2) is 39.9 Å². The monoisotopic (exact) mass is 380 g/mol. The Morgan fingerprint density at radius 2 is 2.12 bits per heavy atom. The van der Waals surface area contributed by atoms with Crippen LogP contribution in [-0.4, -0.2) is 26.0 Å². The van der Waals surface area contributed by atoms with Gasteiger partial charge in [-0.15, -0.1) is 0 Å². The fourth-order valence-corrected chi connectivity index (χ4v) is 4.68. The highest BCUT2D eigenvalue weighted by Gasteiger charge is 2.27. The van der Waals surface area contributed by atoms with E-state index in [-0.39, 0.29) is 17.3 Å². The molecule has 8 heteroatoms. The van der Waals surface area contributed by atoms with Crippen molar-refractivity contribution in [2.75, 3.05) is 11.9 Å². The molecule has 3 N–H and O–H groups in total. The molecule has 1 aliphatic heterocycles. The van der Waals surface area contributed by atoms with Crippen molar-refractivity contribution < 1.29 is 18.3 Å². The molecule has 1 atom stereocenters. The summed E-state index contributed by atoms with van der Waals surface area (Å²) >= 11 is 1.44. The summed E-state index contributed by atoms with van der Waals surface area (Å²) in [5.41, 5.74) is 0.849. The summed E-state index contributed by atoms with van der Waals surface area (Å²) in [7, 11) is -3.76. The molecule has 25 heavy (non-hydrogen) atoms. The maximum absolute atomic E-state index is 12.6. The lowest BCUT2D eigenvalue weighted by atomic mass is 10.0. The Labute approximate surface area is 150 Å². The van der Waals surface area contributed by atoms with E-state index in [1.165, 1.54) is 17.4 Å². The Hall–Kier alpha value is -1.74. The second kappa shape index (κ2) is 6.87. The Kier molecular flexibility index (Phi) is 4.97. The summed E-state index contributed by atoms with van der Waals surface area (Å²) in [5.74, 6) is -0.0562. The first-order chi connectivity index (χ1) is 11.8. The highest BCUT2D eigenvalue weighted by molar-refractivity contribution is 7.89. The zero-order chi connectivity index (χ0) is 18.1. The molecule has 2 aromatic rings. The third kappa shape index (κ3) is 4.09. The van der Waals surface area contributed by atoms with Crippen molar-refractivity contribution in [1.82, 2.24) is 4.72 Å². The first-order valence-electron chi connectivity index (χ1n) is 7.95. The van der Waals surface area contributed by atoms with Gasteiger partial charge in [0.2, 0.25) is 15.9 Å². The Morgan fingerprint density at radius 3 is 2.84 bits per heavy atom. The number of carbonyl (C=O) groups excluding carboxylic acids is 1. The maximum Gasteiger partial charge on any atom is 0.240 e. The van der Waals surface area contributed by atoms with Crippen LogP contribution in [0.4, 0.5) is 5.69 Å². The van der Waals surface area contributed by atoms with E-state index in [0.717, 1.165) is 5.56 Å². The molecule has 6 nitrogen and oxygen atoms in total. The van der Waals surface area contributed by atoms with Crippen LogP contribution in [0.5, 0.6) is 0 Å². The average Bonchev–Trinajstić information content (AvgIpc) is 3.03. The minimum Gasteiger partial charge on any atom is -0.384 e.